The van der Waals surface area contributed by atoms with Crippen molar-refractivity contribution >= 4 is 17.6 Å². The van der Waals surface area contributed by atoms with Gasteiger partial charge in [0.15, 0.2) is 0 Å². The standard InChI is InChI=1S/C18H18N2O5/c1-23-18(22)12-2-5-14(6-3-12)20-17(21)13-4-7-16(19-10-13)25-15-8-9-24-11-15/h2-7,10,15H,8-9,11H2,1H3,(H,20,21). The van der Waals surface area contributed by atoms with Crippen LogP contribution in [0, 0.1) is 0 Å². The lowest BCUT2D eigenvalue weighted by atomic mass is 10.2. The van der Waals surface area contributed by atoms with Crippen molar-refractivity contribution in [2.75, 3.05) is 25.6 Å². The summed E-state index contributed by atoms with van der Waals surface area (Å²) in [7, 11) is 1.32. The van der Waals surface area contributed by atoms with Crippen LogP contribution in [0.1, 0.15) is 27.1 Å². The number of esters is 1. The maximum Gasteiger partial charge on any atom is 0.337 e. The number of methoxy groups -OCH3 is 1. The molecule has 0 bridgehead atoms. The predicted molar refractivity (Wildman–Crippen MR) is 89.8 cm³/mol. The van der Waals surface area contributed by atoms with E-state index in [0.29, 0.717) is 35.9 Å². The molecule has 0 radical (unpaired) electrons. The molecule has 1 aromatic heterocycles. The highest BCUT2D eigenvalue weighted by molar-refractivity contribution is 6.04. The SMILES string of the molecule is COC(=O)c1ccc(NC(=O)c2ccc(OC3CCOC3)nc2)cc1. The molecule has 1 aliphatic rings. The van der Waals surface area contributed by atoms with Crippen molar-refractivity contribution in [1.82, 2.24) is 4.98 Å². The van der Waals surface area contributed by atoms with Crippen LogP contribution in [0.4, 0.5) is 5.69 Å². The van der Waals surface area contributed by atoms with E-state index in [1.54, 1.807) is 36.4 Å². The van der Waals surface area contributed by atoms with Gasteiger partial charge in [0.2, 0.25) is 5.88 Å². The number of carbonyl (C=O) groups is 2. The number of carbonyl (C=O) groups excluding carboxylic acids is 2. The van der Waals surface area contributed by atoms with Gasteiger partial charge in [0.1, 0.15) is 6.10 Å². The topological polar surface area (TPSA) is 86.8 Å². The van der Waals surface area contributed by atoms with Gasteiger partial charge in [-0.25, -0.2) is 9.78 Å². The molecule has 2 heterocycles. The first-order valence-corrected chi connectivity index (χ1v) is 7.86. The molecule has 1 aliphatic heterocycles. The Bertz CT molecular complexity index is 737. The second-order valence-corrected chi connectivity index (χ2v) is 5.51. The maximum absolute atomic E-state index is 12.2. The van der Waals surface area contributed by atoms with Crippen LogP contribution >= 0.6 is 0 Å². The van der Waals surface area contributed by atoms with E-state index in [2.05, 4.69) is 15.0 Å². The molecule has 2 aromatic rings. The van der Waals surface area contributed by atoms with Crippen LogP contribution in [0.3, 0.4) is 0 Å². The number of rotatable bonds is 5. The number of pyridine rings is 1. The van der Waals surface area contributed by atoms with E-state index < -0.39 is 5.97 Å². The number of aromatic nitrogens is 1. The van der Waals surface area contributed by atoms with E-state index in [0.717, 1.165) is 6.42 Å². The average molecular weight is 342 g/mol. The van der Waals surface area contributed by atoms with Gasteiger partial charge in [0.25, 0.3) is 5.91 Å². The largest absolute Gasteiger partial charge is 0.472 e. The third kappa shape index (κ3) is 4.33. The van der Waals surface area contributed by atoms with Crippen LogP contribution in [0.15, 0.2) is 42.6 Å². The summed E-state index contributed by atoms with van der Waals surface area (Å²) in [6.45, 7) is 1.26. The number of anilines is 1. The monoisotopic (exact) mass is 342 g/mol. The van der Waals surface area contributed by atoms with E-state index in [1.165, 1.54) is 13.3 Å². The van der Waals surface area contributed by atoms with E-state index >= 15 is 0 Å². The summed E-state index contributed by atoms with van der Waals surface area (Å²) in [5.74, 6) is -0.256. The van der Waals surface area contributed by atoms with Gasteiger partial charge in [-0.05, 0) is 30.3 Å². The highest BCUT2D eigenvalue weighted by atomic mass is 16.5. The maximum atomic E-state index is 12.2. The zero-order valence-electron chi connectivity index (χ0n) is 13.7. The summed E-state index contributed by atoms with van der Waals surface area (Å²) in [5.41, 5.74) is 1.40. The minimum atomic E-state index is -0.426. The normalized spacial score (nSPS) is 16.3. The van der Waals surface area contributed by atoms with E-state index in [-0.39, 0.29) is 12.0 Å². The molecule has 1 unspecified atom stereocenters. The lowest BCUT2D eigenvalue weighted by Gasteiger charge is -2.11. The molecule has 1 aromatic carbocycles. The van der Waals surface area contributed by atoms with Crippen LogP contribution in [0.5, 0.6) is 5.88 Å². The molecule has 0 aliphatic carbocycles. The van der Waals surface area contributed by atoms with Crippen LogP contribution in [-0.4, -0.2) is 43.3 Å². The second kappa shape index (κ2) is 7.76. The van der Waals surface area contributed by atoms with Crippen molar-refractivity contribution < 1.29 is 23.8 Å². The number of nitrogens with zero attached hydrogens (tertiary/aromatic N) is 1. The lowest BCUT2D eigenvalue weighted by Crippen LogP contribution is -2.17. The van der Waals surface area contributed by atoms with Crippen LogP contribution in [0.2, 0.25) is 0 Å². The first kappa shape index (κ1) is 16.9. The Labute approximate surface area is 144 Å². The average Bonchev–Trinajstić information content (AvgIpc) is 3.15. The Hall–Kier alpha value is -2.93. The molecule has 7 nitrogen and oxygen atoms in total. The summed E-state index contributed by atoms with van der Waals surface area (Å²) < 4.78 is 15.5. The molecule has 1 fully saturated rings. The third-order valence-electron chi connectivity index (χ3n) is 3.74. The van der Waals surface area contributed by atoms with Crippen molar-refractivity contribution in [3.8, 4) is 5.88 Å². The minimum absolute atomic E-state index is 0.0144. The van der Waals surface area contributed by atoms with E-state index in [4.69, 9.17) is 9.47 Å². The summed E-state index contributed by atoms with van der Waals surface area (Å²) in [6, 6.07) is 9.74. The third-order valence-corrected chi connectivity index (χ3v) is 3.74. The minimum Gasteiger partial charge on any atom is -0.472 e. The molecule has 130 valence electrons. The fraction of sp³-hybridized carbons (Fsp3) is 0.278. The molecule has 1 saturated heterocycles. The van der Waals surface area contributed by atoms with Gasteiger partial charge in [-0.3, -0.25) is 4.79 Å². The van der Waals surface area contributed by atoms with Gasteiger partial charge in [-0.15, -0.1) is 0 Å². The van der Waals surface area contributed by atoms with Crippen molar-refractivity contribution in [3.63, 3.8) is 0 Å². The molecule has 7 heteroatoms. The van der Waals surface area contributed by atoms with Crippen molar-refractivity contribution in [2.24, 2.45) is 0 Å². The highest BCUT2D eigenvalue weighted by Gasteiger charge is 2.18. The number of ether oxygens (including phenoxy) is 3. The van der Waals surface area contributed by atoms with E-state index in [1.807, 2.05) is 0 Å². The Morgan fingerprint density at radius 1 is 1.16 bits per heavy atom. The first-order valence-electron chi connectivity index (χ1n) is 7.86. The molecule has 1 atom stereocenters. The van der Waals surface area contributed by atoms with Crippen LogP contribution < -0.4 is 10.1 Å². The van der Waals surface area contributed by atoms with Gasteiger partial charge < -0.3 is 19.5 Å². The fourth-order valence-electron chi connectivity index (χ4n) is 2.37. The second-order valence-electron chi connectivity index (χ2n) is 5.51. The Morgan fingerprint density at radius 3 is 2.52 bits per heavy atom. The van der Waals surface area contributed by atoms with Gasteiger partial charge in [-0.2, -0.15) is 0 Å². The van der Waals surface area contributed by atoms with Gasteiger partial charge in [-0.1, -0.05) is 0 Å². The summed E-state index contributed by atoms with van der Waals surface area (Å²) in [5, 5.41) is 2.74. The van der Waals surface area contributed by atoms with Gasteiger partial charge in [0, 0.05) is 24.4 Å². The number of hydrogen-bond donors (Lipinski definition) is 1. The molecular formula is C18H18N2O5. The van der Waals surface area contributed by atoms with Crippen molar-refractivity contribution in [3.05, 3.63) is 53.7 Å². The number of amides is 1. The number of nitrogens with one attached hydrogen (secondary N) is 1. The summed E-state index contributed by atoms with van der Waals surface area (Å²) >= 11 is 0. The Kier molecular flexibility index (Phi) is 5.25. The predicted octanol–water partition coefficient (Wildman–Crippen LogP) is 2.29. The van der Waals surface area contributed by atoms with E-state index in [9.17, 15) is 9.59 Å². The summed E-state index contributed by atoms with van der Waals surface area (Å²) in [6.07, 6.45) is 2.31. The Morgan fingerprint density at radius 2 is 1.92 bits per heavy atom. The molecule has 0 spiro atoms. The smallest absolute Gasteiger partial charge is 0.337 e. The van der Waals surface area contributed by atoms with Crippen molar-refractivity contribution in [1.29, 1.82) is 0 Å². The zero-order valence-corrected chi connectivity index (χ0v) is 13.7. The molecule has 0 saturated carbocycles. The molecule has 1 N–H and O–H groups in total. The molecule has 1 amide bonds. The zero-order chi connectivity index (χ0) is 17.6. The highest BCUT2D eigenvalue weighted by Crippen LogP contribution is 2.16. The Balaban J connectivity index is 1.59. The van der Waals surface area contributed by atoms with Crippen LogP contribution in [0.25, 0.3) is 0 Å². The van der Waals surface area contributed by atoms with Crippen LogP contribution in [-0.2, 0) is 9.47 Å². The molecular weight excluding hydrogens is 324 g/mol. The molecule has 25 heavy (non-hydrogen) atoms. The summed E-state index contributed by atoms with van der Waals surface area (Å²) in [4.78, 5) is 27.8. The van der Waals surface area contributed by atoms with Gasteiger partial charge in [0.05, 0.1) is 31.5 Å². The quantitative estimate of drug-likeness (QED) is 0.839. The number of hydrogen-bond acceptors (Lipinski definition) is 6. The first-order chi connectivity index (χ1) is 12.2. The molecule has 3 rings (SSSR count). The lowest BCUT2D eigenvalue weighted by molar-refractivity contribution is 0.0600. The van der Waals surface area contributed by atoms with Crippen molar-refractivity contribution in [2.45, 2.75) is 12.5 Å². The fourth-order valence-corrected chi connectivity index (χ4v) is 2.37. The number of benzene rings is 1. The van der Waals surface area contributed by atoms with Gasteiger partial charge >= 0.3 is 5.97 Å².